The van der Waals surface area contributed by atoms with Crippen LogP contribution in [-0.2, 0) is 10.0 Å². The first kappa shape index (κ1) is 21.2. The number of hydrogen-bond donors (Lipinski definition) is 1. The van der Waals surface area contributed by atoms with Gasteiger partial charge in [0.25, 0.3) is 5.91 Å². The van der Waals surface area contributed by atoms with Gasteiger partial charge in [0, 0.05) is 18.8 Å². The highest BCUT2D eigenvalue weighted by Gasteiger charge is 2.38. The lowest BCUT2D eigenvalue weighted by atomic mass is 10.0. The summed E-state index contributed by atoms with van der Waals surface area (Å²) in [6.07, 6.45) is 6.34. The molecule has 0 bridgehead atoms. The molecule has 1 aliphatic heterocycles. The zero-order valence-electron chi connectivity index (χ0n) is 17.7. The highest BCUT2D eigenvalue weighted by atomic mass is 32.2. The Balaban J connectivity index is 1.35. The maximum atomic E-state index is 14.9. The number of ether oxygens (including phenoxy) is 1. The summed E-state index contributed by atoms with van der Waals surface area (Å²) in [6, 6.07) is 8.49. The molecule has 2 aliphatic carbocycles. The van der Waals surface area contributed by atoms with E-state index >= 15 is 0 Å². The lowest BCUT2D eigenvalue weighted by Crippen LogP contribution is -2.41. The first-order valence-corrected chi connectivity index (χ1v) is 12.7. The van der Waals surface area contributed by atoms with Crippen molar-refractivity contribution < 1.29 is 22.3 Å². The van der Waals surface area contributed by atoms with Crippen LogP contribution in [0.2, 0.25) is 0 Å². The van der Waals surface area contributed by atoms with Crippen LogP contribution in [0.5, 0.6) is 5.75 Å². The molecule has 3 fully saturated rings. The maximum Gasteiger partial charge on any atom is 0.267 e. The van der Waals surface area contributed by atoms with E-state index in [9.17, 15) is 17.6 Å². The Morgan fingerprint density at radius 1 is 1.16 bits per heavy atom. The van der Waals surface area contributed by atoms with Gasteiger partial charge in [0.05, 0.1) is 17.4 Å². The van der Waals surface area contributed by atoms with E-state index < -0.39 is 27.0 Å². The van der Waals surface area contributed by atoms with E-state index in [1.165, 1.54) is 12.1 Å². The number of anilines is 1. The minimum absolute atomic E-state index is 0.127. The number of aromatic nitrogens is 1. The van der Waals surface area contributed by atoms with Gasteiger partial charge in [0.15, 0.2) is 0 Å². The second-order valence-electron chi connectivity index (χ2n) is 8.84. The average Bonchev–Trinajstić information content (AvgIpc) is 3.67. The molecule has 170 valence electrons. The van der Waals surface area contributed by atoms with Gasteiger partial charge in [-0.15, -0.1) is 0 Å². The van der Waals surface area contributed by atoms with Gasteiger partial charge >= 0.3 is 0 Å². The largest absolute Gasteiger partial charge is 0.488 e. The molecule has 1 saturated heterocycles. The molecule has 9 heteroatoms. The Labute approximate surface area is 187 Å². The zero-order chi connectivity index (χ0) is 22.3. The minimum Gasteiger partial charge on any atom is -0.488 e. The number of nitrogens with zero attached hydrogens (tertiary/aromatic N) is 2. The number of pyridine rings is 1. The van der Waals surface area contributed by atoms with Crippen LogP contribution in [0.4, 0.5) is 10.2 Å². The lowest BCUT2D eigenvalue weighted by molar-refractivity contribution is 0.0977. The monoisotopic (exact) mass is 459 g/mol. The third-order valence-electron chi connectivity index (χ3n) is 6.20. The van der Waals surface area contributed by atoms with Gasteiger partial charge in [-0.25, -0.2) is 22.5 Å². The van der Waals surface area contributed by atoms with Crippen molar-refractivity contribution in [3.05, 3.63) is 53.5 Å². The Bertz CT molecular complexity index is 1120. The van der Waals surface area contributed by atoms with Gasteiger partial charge in [-0.05, 0) is 68.2 Å². The van der Waals surface area contributed by atoms with Gasteiger partial charge in [0.2, 0.25) is 10.0 Å². The lowest BCUT2D eigenvalue weighted by Gasteiger charge is -2.34. The van der Waals surface area contributed by atoms with E-state index in [2.05, 4.69) is 9.88 Å². The fourth-order valence-electron chi connectivity index (χ4n) is 4.17. The van der Waals surface area contributed by atoms with Crippen molar-refractivity contribution in [2.75, 3.05) is 18.0 Å². The minimum atomic E-state index is -3.74. The van der Waals surface area contributed by atoms with Gasteiger partial charge in [-0.3, -0.25) is 4.79 Å². The van der Waals surface area contributed by atoms with Gasteiger partial charge < -0.3 is 9.64 Å². The summed E-state index contributed by atoms with van der Waals surface area (Å²) in [7, 11) is -3.74. The molecule has 2 saturated carbocycles. The summed E-state index contributed by atoms with van der Waals surface area (Å²) in [6.45, 7) is 1.53. The quantitative estimate of drug-likeness (QED) is 0.683. The van der Waals surface area contributed by atoms with Crippen molar-refractivity contribution in [2.24, 2.45) is 0 Å². The number of hydrogen-bond acceptors (Lipinski definition) is 6. The molecule has 3 aliphatic rings. The van der Waals surface area contributed by atoms with Crippen LogP contribution in [0.25, 0.3) is 0 Å². The molecule has 7 nitrogen and oxygen atoms in total. The highest BCUT2D eigenvalue weighted by molar-refractivity contribution is 7.91. The summed E-state index contributed by atoms with van der Waals surface area (Å²) in [4.78, 5) is 19.1. The van der Waals surface area contributed by atoms with Gasteiger partial charge in [0.1, 0.15) is 23.5 Å². The molecule has 1 aromatic heterocycles. The normalized spacial score (nSPS) is 21.3. The summed E-state index contributed by atoms with van der Waals surface area (Å²) in [5.41, 5.74) is 0.526. The second-order valence-corrected chi connectivity index (χ2v) is 10.8. The molecular weight excluding hydrogens is 433 g/mol. The van der Waals surface area contributed by atoms with Crippen LogP contribution < -0.4 is 14.4 Å². The number of carbonyl (C=O) groups excluding carboxylic acids is 1. The number of carbonyl (C=O) groups is 1. The number of sulfonamides is 1. The van der Waals surface area contributed by atoms with Crippen LogP contribution in [0.3, 0.4) is 0 Å². The second kappa shape index (κ2) is 8.35. The Morgan fingerprint density at radius 2 is 1.97 bits per heavy atom. The first-order chi connectivity index (χ1) is 15.4. The Morgan fingerprint density at radius 3 is 2.66 bits per heavy atom. The topological polar surface area (TPSA) is 88.6 Å². The van der Waals surface area contributed by atoms with E-state index in [0.29, 0.717) is 25.1 Å². The summed E-state index contributed by atoms with van der Waals surface area (Å²) >= 11 is 0. The number of rotatable bonds is 7. The van der Waals surface area contributed by atoms with Crippen LogP contribution in [-0.4, -0.2) is 43.8 Å². The molecule has 2 aromatic rings. The third-order valence-corrected chi connectivity index (χ3v) is 8.02. The molecule has 0 spiro atoms. The molecule has 32 heavy (non-hydrogen) atoms. The van der Waals surface area contributed by atoms with Crippen molar-refractivity contribution in [2.45, 2.75) is 55.8 Å². The molecule has 1 aromatic carbocycles. The molecule has 2 heterocycles. The number of nitrogens with one attached hydrogen (secondary N) is 1. The van der Waals surface area contributed by atoms with Crippen molar-refractivity contribution in [1.82, 2.24) is 9.71 Å². The molecule has 1 amide bonds. The zero-order valence-corrected chi connectivity index (χ0v) is 18.5. The summed E-state index contributed by atoms with van der Waals surface area (Å²) in [5.74, 6) is -0.155. The first-order valence-electron chi connectivity index (χ1n) is 11.1. The summed E-state index contributed by atoms with van der Waals surface area (Å²) in [5, 5.41) is -0.548. The molecule has 1 N–H and O–H groups in total. The molecule has 0 unspecified atom stereocenters. The SMILES string of the molecule is O=C(NS(=O)(=O)C1CC1)c1cc(C2CC2)c(O[C@@H]2CCCN(c3ccccn3)C2)cc1F. The Hall–Kier alpha value is -2.68. The van der Waals surface area contributed by atoms with Crippen molar-refractivity contribution >= 4 is 21.7 Å². The van der Waals surface area contributed by atoms with Crippen LogP contribution in [0.1, 0.15) is 60.4 Å². The Kier molecular flexibility index (Phi) is 5.53. The van der Waals surface area contributed by atoms with Crippen molar-refractivity contribution in [3.63, 3.8) is 0 Å². The van der Waals surface area contributed by atoms with E-state index in [0.717, 1.165) is 43.6 Å². The number of amides is 1. The predicted molar refractivity (Wildman–Crippen MR) is 118 cm³/mol. The number of benzene rings is 1. The predicted octanol–water partition coefficient (Wildman–Crippen LogP) is 3.37. The van der Waals surface area contributed by atoms with Crippen LogP contribution in [0, 0.1) is 5.82 Å². The molecular formula is C23H26FN3O4S. The van der Waals surface area contributed by atoms with E-state index in [4.69, 9.17) is 4.74 Å². The standard InChI is InChI=1S/C23H26FN3O4S/c24-20-13-21(31-16-4-3-11-27(14-16)22-5-1-2-10-25-22)18(15-6-7-15)12-19(20)23(28)26-32(29,30)17-8-9-17/h1-2,5,10,12-13,15-17H,3-4,6-9,11,14H2,(H,26,28)/t16-/m1/s1. The van der Waals surface area contributed by atoms with E-state index in [1.54, 1.807) is 6.20 Å². The smallest absolute Gasteiger partial charge is 0.267 e. The molecule has 1 atom stereocenters. The third kappa shape index (κ3) is 4.57. The van der Waals surface area contributed by atoms with Crippen molar-refractivity contribution in [3.8, 4) is 5.75 Å². The highest BCUT2D eigenvalue weighted by Crippen LogP contribution is 2.45. The van der Waals surface area contributed by atoms with Crippen LogP contribution >= 0.6 is 0 Å². The average molecular weight is 460 g/mol. The van der Waals surface area contributed by atoms with Gasteiger partial charge in [-0.1, -0.05) is 6.07 Å². The number of halogens is 1. The molecule has 0 radical (unpaired) electrons. The molecule has 5 rings (SSSR count). The van der Waals surface area contributed by atoms with Gasteiger partial charge in [-0.2, -0.15) is 0 Å². The summed E-state index contributed by atoms with van der Waals surface area (Å²) < 4.78 is 47.4. The fraction of sp³-hybridized carbons (Fsp3) is 0.478. The van der Waals surface area contributed by atoms with Crippen molar-refractivity contribution in [1.29, 1.82) is 0 Å². The van der Waals surface area contributed by atoms with E-state index in [-0.39, 0.29) is 17.6 Å². The van der Waals surface area contributed by atoms with E-state index in [1.807, 2.05) is 22.9 Å². The fourth-order valence-corrected chi connectivity index (χ4v) is 5.46. The van der Waals surface area contributed by atoms with Crippen LogP contribution in [0.15, 0.2) is 36.5 Å². The number of piperidine rings is 1. The maximum absolute atomic E-state index is 14.9.